The van der Waals surface area contributed by atoms with Gasteiger partial charge in [-0.25, -0.2) is 0 Å². The Morgan fingerprint density at radius 3 is 2.67 bits per heavy atom. The van der Waals surface area contributed by atoms with Crippen LogP contribution in [-0.2, 0) is 4.79 Å². The van der Waals surface area contributed by atoms with E-state index in [1.807, 2.05) is 26.8 Å². The molecule has 0 aromatic carbocycles. The molecule has 0 radical (unpaired) electrons. The van der Waals surface area contributed by atoms with Crippen LogP contribution in [-0.4, -0.2) is 28.9 Å². The molecule has 21 heavy (non-hydrogen) atoms. The predicted molar refractivity (Wildman–Crippen MR) is 85.5 cm³/mol. The van der Waals surface area contributed by atoms with E-state index < -0.39 is 0 Å². The number of rotatable bonds is 3. The lowest BCUT2D eigenvalue weighted by atomic mass is 9.96. The third-order valence-electron chi connectivity index (χ3n) is 4.18. The second kappa shape index (κ2) is 6.29. The van der Waals surface area contributed by atoms with Crippen LogP contribution in [0.5, 0.6) is 0 Å². The molecule has 1 amide bonds. The Labute approximate surface area is 127 Å². The van der Waals surface area contributed by atoms with Crippen LogP contribution in [0, 0.1) is 19.8 Å². The summed E-state index contributed by atoms with van der Waals surface area (Å²) in [5.41, 5.74) is 10.1. The van der Waals surface area contributed by atoms with Gasteiger partial charge in [-0.2, -0.15) is 0 Å². The zero-order valence-electron chi connectivity index (χ0n) is 13.4. The van der Waals surface area contributed by atoms with E-state index in [2.05, 4.69) is 22.9 Å². The second-order valence-corrected chi connectivity index (χ2v) is 6.12. The van der Waals surface area contributed by atoms with Crippen LogP contribution >= 0.6 is 0 Å². The fraction of sp³-hybridized carbons (Fsp3) is 0.529. The Kier molecular flexibility index (Phi) is 4.66. The molecule has 4 nitrogen and oxygen atoms in total. The maximum absolute atomic E-state index is 11.7. The number of aromatic nitrogens is 1. The van der Waals surface area contributed by atoms with E-state index in [0.29, 0.717) is 11.5 Å². The van der Waals surface area contributed by atoms with Crippen molar-refractivity contribution < 1.29 is 4.79 Å². The van der Waals surface area contributed by atoms with Crippen LogP contribution in [0.4, 0.5) is 0 Å². The van der Waals surface area contributed by atoms with Crippen molar-refractivity contribution >= 4 is 11.6 Å². The molecular weight excluding hydrogens is 262 g/mol. The van der Waals surface area contributed by atoms with Crippen molar-refractivity contribution in [2.45, 2.75) is 40.5 Å². The average Bonchev–Trinajstić information content (AvgIpc) is 2.41. The van der Waals surface area contributed by atoms with Crippen molar-refractivity contribution in [1.29, 1.82) is 0 Å². The number of nitrogens with zero attached hydrogens (tertiary/aromatic N) is 2. The van der Waals surface area contributed by atoms with E-state index in [4.69, 9.17) is 5.73 Å². The van der Waals surface area contributed by atoms with Gasteiger partial charge in [0.2, 0.25) is 5.91 Å². The number of carbonyl (C=O) groups is 1. The summed E-state index contributed by atoms with van der Waals surface area (Å²) in [4.78, 5) is 18.6. The van der Waals surface area contributed by atoms with Gasteiger partial charge in [-0.1, -0.05) is 6.92 Å². The van der Waals surface area contributed by atoms with Crippen LogP contribution < -0.4 is 5.73 Å². The first kappa shape index (κ1) is 15.5. The van der Waals surface area contributed by atoms with Crippen molar-refractivity contribution in [3.63, 3.8) is 0 Å². The van der Waals surface area contributed by atoms with Gasteiger partial charge < -0.3 is 10.6 Å². The van der Waals surface area contributed by atoms with Gasteiger partial charge in [0, 0.05) is 35.6 Å². The standard InChI is InChI=1S/C17H25N3O/c1-11-6-5-9-20(10-11)16(13(3)17(18)21)15-8-7-12(2)19-14(15)4/h7-8,11H,5-6,9-10H2,1-4H3,(H2,18,21)/b16-13-. The minimum absolute atomic E-state index is 0.358. The van der Waals surface area contributed by atoms with Crippen molar-refractivity contribution in [2.75, 3.05) is 13.1 Å². The molecule has 114 valence electrons. The van der Waals surface area contributed by atoms with E-state index in [0.717, 1.165) is 42.2 Å². The lowest BCUT2D eigenvalue weighted by Gasteiger charge is -2.36. The molecule has 1 aromatic rings. The summed E-state index contributed by atoms with van der Waals surface area (Å²) in [6.07, 6.45) is 2.39. The molecular formula is C17H25N3O. The van der Waals surface area contributed by atoms with Crippen LogP contribution in [0.25, 0.3) is 5.70 Å². The zero-order chi connectivity index (χ0) is 15.6. The minimum atomic E-state index is -0.358. The maximum Gasteiger partial charge on any atom is 0.246 e. The van der Waals surface area contributed by atoms with Crippen molar-refractivity contribution in [3.8, 4) is 0 Å². The summed E-state index contributed by atoms with van der Waals surface area (Å²) < 4.78 is 0. The third-order valence-corrected chi connectivity index (χ3v) is 4.18. The van der Waals surface area contributed by atoms with Crippen LogP contribution in [0.1, 0.15) is 43.6 Å². The number of hydrogen-bond donors (Lipinski definition) is 1. The number of carbonyl (C=O) groups excluding carboxylic acids is 1. The Balaban J connectivity index is 2.51. The van der Waals surface area contributed by atoms with Gasteiger partial charge in [0.25, 0.3) is 0 Å². The SMILES string of the molecule is C/C(C(N)=O)=C(\c1ccc(C)nc1C)N1CCCC(C)C1. The lowest BCUT2D eigenvalue weighted by Crippen LogP contribution is -2.35. The first-order valence-electron chi connectivity index (χ1n) is 7.60. The first-order chi connectivity index (χ1) is 9.90. The lowest BCUT2D eigenvalue weighted by molar-refractivity contribution is -0.114. The monoisotopic (exact) mass is 287 g/mol. The molecule has 1 atom stereocenters. The molecule has 2 N–H and O–H groups in total. The molecule has 0 aliphatic carbocycles. The number of pyridine rings is 1. The highest BCUT2D eigenvalue weighted by Crippen LogP contribution is 2.30. The van der Waals surface area contributed by atoms with Gasteiger partial charge in [-0.05, 0) is 51.7 Å². The summed E-state index contributed by atoms with van der Waals surface area (Å²) in [6.45, 7) is 9.97. The van der Waals surface area contributed by atoms with Crippen molar-refractivity contribution in [1.82, 2.24) is 9.88 Å². The van der Waals surface area contributed by atoms with Gasteiger partial charge in [-0.3, -0.25) is 9.78 Å². The smallest absolute Gasteiger partial charge is 0.246 e. The highest BCUT2D eigenvalue weighted by Gasteiger charge is 2.24. The third kappa shape index (κ3) is 3.43. The van der Waals surface area contributed by atoms with E-state index in [9.17, 15) is 4.79 Å². The number of amides is 1. The van der Waals surface area contributed by atoms with Gasteiger partial charge in [0.15, 0.2) is 0 Å². The molecule has 1 unspecified atom stereocenters. The molecule has 2 rings (SSSR count). The number of nitrogens with two attached hydrogens (primary N) is 1. The summed E-state index contributed by atoms with van der Waals surface area (Å²) >= 11 is 0. The van der Waals surface area contributed by atoms with Gasteiger partial charge in [0.1, 0.15) is 0 Å². The molecule has 4 heteroatoms. The fourth-order valence-electron chi connectivity index (χ4n) is 3.06. The number of likely N-dealkylation sites (tertiary alicyclic amines) is 1. The average molecular weight is 287 g/mol. The Bertz CT molecular complexity index is 577. The van der Waals surface area contributed by atoms with E-state index in [1.165, 1.54) is 6.42 Å². The second-order valence-electron chi connectivity index (χ2n) is 6.12. The van der Waals surface area contributed by atoms with Crippen LogP contribution in [0.2, 0.25) is 0 Å². The predicted octanol–water partition coefficient (Wildman–Crippen LogP) is 2.65. The number of hydrogen-bond acceptors (Lipinski definition) is 3. The van der Waals surface area contributed by atoms with E-state index >= 15 is 0 Å². The summed E-state index contributed by atoms with van der Waals surface area (Å²) in [5.74, 6) is 0.274. The number of piperidine rings is 1. The topological polar surface area (TPSA) is 59.2 Å². The number of aryl methyl sites for hydroxylation is 2. The Morgan fingerprint density at radius 1 is 1.38 bits per heavy atom. The zero-order valence-corrected chi connectivity index (χ0v) is 13.4. The summed E-state index contributed by atoms with van der Waals surface area (Å²) in [6, 6.07) is 4.04. The van der Waals surface area contributed by atoms with E-state index in [-0.39, 0.29) is 5.91 Å². The molecule has 0 spiro atoms. The normalized spacial score (nSPS) is 20.2. The van der Waals surface area contributed by atoms with Crippen molar-refractivity contribution in [2.24, 2.45) is 11.7 Å². The minimum Gasteiger partial charge on any atom is -0.370 e. The molecule has 0 bridgehead atoms. The van der Waals surface area contributed by atoms with Gasteiger partial charge in [-0.15, -0.1) is 0 Å². The van der Waals surface area contributed by atoms with Gasteiger partial charge >= 0.3 is 0 Å². The largest absolute Gasteiger partial charge is 0.370 e. The van der Waals surface area contributed by atoms with Crippen LogP contribution in [0.3, 0.4) is 0 Å². The Morgan fingerprint density at radius 2 is 2.10 bits per heavy atom. The van der Waals surface area contributed by atoms with Crippen molar-refractivity contribution in [3.05, 3.63) is 34.7 Å². The van der Waals surface area contributed by atoms with Gasteiger partial charge in [0.05, 0.1) is 5.70 Å². The van der Waals surface area contributed by atoms with Crippen LogP contribution in [0.15, 0.2) is 17.7 Å². The molecule has 1 saturated heterocycles. The molecule has 1 aromatic heterocycles. The summed E-state index contributed by atoms with van der Waals surface area (Å²) in [5, 5.41) is 0. The van der Waals surface area contributed by atoms with E-state index in [1.54, 1.807) is 0 Å². The maximum atomic E-state index is 11.7. The number of primary amides is 1. The molecule has 1 aliphatic rings. The first-order valence-corrected chi connectivity index (χ1v) is 7.60. The molecule has 1 fully saturated rings. The highest BCUT2D eigenvalue weighted by atomic mass is 16.1. The molecule has 2 heterocycles. The molecule has 0 saturated carbocycles. The highest BCUT2D eigenvalue weighted by molar-refractivity contribution is 5.99. The summed E-state index contributed by atoms with van der Waals surface area (Å²) in [7, 11) is 0. The fourth-order valence-corrected chi connectivity index (χ4v) is 3.06. The Hall–Kier alpha value is -1.84. The quantitative estimate of drug-likeness (QED) is 0.869. The molecule has 1 aliphatic heterocycles.